The van der Waals surface area contributed by atoms with Crippen molar-refractivity contribution < 1.29 is 28.2 Å². The van der Waals surface area contributed by atoms with Crippen LogP contribution in [0.4, 0.5) is 4.39 Å². The van der Waals surface area contributed by atoms with Gasteiger partial charge in [-0.15, -0.1) is 0 Å². The van der Waals surface area contributed by atoms with Gasteiger partial charge in [0.25, 0.3) is 0 Å². The predicted molar refractivity (Wildman–Crippen MR) is 137 cm³/mol. The van der Waals surface area contributed by atoms with Gasteiger partial charge in [-0.2, -0.15) is 0 Å². The Morgan fingerprint density at radius 1 is 1.05 bits per heavy atom. The van der Waals surface area contributed by atoms with E-state index in [4.69, 9.17) is 25.8 Å². The zero-order chi connectivity index (χ0) is 26.3. The molecule has 0 radical (unpaired) electrons. The molecule has 1 aliphatic heterocycles. The first-order valence-corrected chi connectivity index (χ1v) is 11.9. The lowest BCUT2D eigenvalue weighted by Gasteiger charge is -2.29. The third-order valence-corrected chi connectivity index (χ3v) is 6.85. The van der Waals surface area contributed by atoms with E-state index in [1.807, 2.05) is 12.1 Å². The van der Waals surface area contributed by atoms with Crippen molar-refractivity contribution >= 4 is 29.1 Å². The molecule has 188 valence electrons. The number of benzene rings is 3. The van der Waals surface area contributed by atoms with Crippen molar-refractivity contribution in [2.75, 3.05) is 14.2 Å². The van der Waals surface area contributed by atoms with E-state index in [0.29, 0.717) is 39.2 Å². The summed E-state index contributed by atoms with van der Waals surface area (Å²) in [6, 6.07) is 16.9. The molecule has 0 saturated heterocycles. The van der Waals surface area contributed by atoms with Crippen LogP contribution in [0.2, 0.25) is 5.02 Å². The van der Waals surface area contributed by atoms with Crippen molar-refractivity contribution in [2.24, 2.45) is 0 Å². The van der Waals surface area contributed by atoms with Crippen LogP contribution in [0.25, 0.3) is 5.70 Å². The molecule has 0 amide bonds. The number of Topliss-reactive ketones (excluding diaryl/α,β-unsaturated/α-hetero) is 1. The van der Waals surface area contributed by atoms with Gasteiger partial charge in [0.15, 0.2) is 17.3 Å². The first-order valence-electron chi connectivity index (χ1n) is 11.5. The Balaban J connectivity index is 1.61. The first-order chi connectivity index (χ1) is 17.8. The highest BCUT2D eigenvalue weighted by Crippen LogP contribution is 2.49. The third kappa shape index (κ3) is 4.15. The summed E-state index contributed by atoms with van der Waals surface area (Å²) >= 11 is 6.66. The summed E-state index contributed by atoms with van der Waals surface area (Å²) in [5.74, 6) is -1.42. The molecule has 5 rings (SSSR count). The molecule has 37 heavy (non-hydrogen) atoms. The molecule has 0 aromatic heterocycles. The van der Waals surface area contributed by atoms with Crippen LogP contribution in [0.1, 0.15) is 39.9 Å². The van der Waals surface area contributed by atoms with Gasteiger partial charge >= 0.3 is 5.97 Å². The highest BCUT2D eigenvalue weighted by molar-refractivity contribution is 6.32. The Kier molecular flexibility index (Phi) is 6.48. The number of methoxy groups -OCH3 is 2. The Hall–Kier alpha value is -4.10. The number of dihydropyridines is 1. The normalized spacial score (nSPS) is 16.2. The van der Waals surface area contributed by atoms with Gasteiger partial charge in [0.05, 0.1) is 30.5 Å². The summed E-state index contributed by atoms with van der Waals surface area (Å²) < 4.78 is 30.6. The van der Waals surface area contributed by atoms with Gasteiger partial charge in [-0.3, -0.25) is 4.79 Å². The molecule has 1 atom stereocenters. The second-order valence-electron chi connectivity index (χ2n) is 8.67. The predicted octanol–water partition coefficient (Wildman–Crippen LogP) is 5.81. The van der Waals surface area contributed by atoms with E-state index in [0.717, 1.165) is 5.56 Å². The molecule has 8 heteroatoms. The monoisotopic (exact) mass is 519 g/mol. The number of ether oxygens (including phenoxy) is 3. The number of carbonyl (C=O) groups is 2. The van der Waals surface area contributed by atoms with E-state index >= 15 is 0 Å². The smallest absolute Gasteiger partial charge is 0.336 e. The molecule has 3 aromatic carbocycles. The fraction of sp³-hybridized carbons (Fsp3) is 0.172. The zero-order valence-electron chi connectivity index (χ0n) is 20.4. The third-order valence-electron chi connectivity index (χ3n) is 6.57. The molecular formula is C29H23ClFNO5. The lowest BCUT2D eigenvalue weighted by atomic mass is 9.79. The highest BCUT2D eigenvalue weighted by atomic mass is 35.5. The van der Waals surface area contributed by atoms with Crippen LogP contribution in [0.15, 0.2) is 77.5 Å². The maximum absolute atomic E-state index is 14.1. The number of esters is 1. The Morgan fingerprint density at radius 2 is 1.76 bits per heavy atom. The number of nitrogens with one attached hydrogen (secondary N) is 1. The second-order valence-corrected chi connectivity index (χ2v) is 9.07. The average molecular weight is 520 g/mol. The number of hydrogen-bond donors (Lipinski definition) is 1. The summed E-state index contributed by atoms with van der Waals surface area (Å²) in [6.45, 7) is 1.70. The van der Waals surface area contributed by atoms with Crippen LogP contribution in [-0.2, 0) is 16.1 Å². The van der Waals surface area contributed by atoms with Crippen molar-refractivity contribution in [1.82, 2.24) is 5.32 Å². The second kappa shape index (κ2) is 9.75. The summed E-state index contributed by atoms with van der Waals surface area (Å²) in [5.41, 5.74) is 4.14. The molecule has 0 fully saturated rings. The summed E-state index contributed by atoms with van der Waals surface area (Å²) in [7, 11) is 2.75. The molecule has 3 aromatic rings. The molecule has 0 saturated carbocycles. The van der Waals surface area contributed by atoms with Gasteiger partial charge in [-0.25, -0.2) is 9.18 Å². The SMILES string of the molecule is COC(=O)C1=C(C)NC2=C(C(=O)c3ccccc32)C1c1cc(Cl)c(OCc2ccccc2F)c(OC)c1. The number of rotatable bonds is 6. The van der Waals surface area contributed by atoms with Gasteiger partial charge < -0.3 is 19.5 Å². The number of halogens is 2. The van der Waals surface area contributed by atoms with E-state index < -0.39 is 17.7 Å². The van der Waals surface area contributed by atoms with E-state index in [1.54, 1.807) is 49.4 Å². The molecule has 0 bridgehead atoms. The molecular weight excluding hydrogens is 497 g/mol. The molecule has 1 N–H and O–H groups in total. The van der Waals surface area contributed by atoms with Crippen LogP contribution in [0.5, 0.6) is 11.5 Å². The number of fused-ring (bicyclic) bond motifs is 2. The highest BCUT2D eigenvalue weighted by Gasteiger charge is 2.43. The zero-order valence-corrected chi connectivity index (χ0v) is 21.1. The lowest BCUT2D eigenvalue weighted by molar-refractivity contribution is -0.136. The molecule has 1 unspecified atom stereocenters. The fourth-order valence-electron chi connectivity index (χ4n) is 4.85. The molecule has 6 nitrogen and oxygen atoms in total. The van der Waals surface area contributed by atoms with Gasteiger partial charge in [0.1, 0.15) is 12.4 Å². The standard InChI is InChI=1S/C29H23ClFNO5/c1-15-23(29(34)36-3)24(25-26(32-15)18-9-5-6-10-19(18)27(25)33)17-12-20(30)28(22(13-17)35-2)37-14-16-8-4-7-11-21(16)31/h4-13,24,32H,14H2,1-3H3. The maximum Gasteiger partial charge on any atom is 0.336 e. The Bertz CT molecular complexity index is 1510. The minimum atomic E-state index is -0.768. The van der Waals surface area contributed by atoms with E-state index in [1.165, 1.54) is 20.3 Å². The first kappa shape index (κ1) is 24.6. The largest absolute Gasteiger partial charge is 0.493 e. The molecule has 1 heterocycles. The van der Waals surface area contributed by atoms with Crippen molar-refractivity contribution in [1.29, 1.82) is 0 Å². The minimum Gasteiger partial charge on any atom is -0.493 e. The van der Waals surface area contributed by atoms with E-state index in [-0.39, 0.29) is 28.9 Å². The minimum absolute atomic E-state index is 0.0645. The molecule has 0 spiro atoms. The van der Waals surface area contributed by atoms with Gasteiger partial charge in [0.2, 0.25) is 0 Å². The average Bonchev–Trinajstić information content (AvgIpc) is 3.18. The summed E-state index contributed by atoms with van der Waals surface area (Å²) in [5, 5.41) is 3.43. The Morgan fingerprint density at radius 3 is 2.46 bits per heavy atom. The van der Waals surface area contributed by atoms with Crippen molar-refractivity contribution in [3.8, 4) is 11.5 Å². The molecule has 2 aliphatic rings. The van der Waals surface area contributed by atoms with Crippen LogP contribution < -0.4 is 14.8 Å². The number of ketones is 1. The van der Waals surface area contributed by atoms with E-state index in [2.05, 4.69) is 5.32 Å². The van der Waals surface area contributed by atoms with Crippen molar-refractivity contribution in [2.45, 2.75) is 19.4 Å². The quantitative estimate of drug-likeness (QED) is 0.414. The summed E-state index contributed by atoms with van der Waals surface area (Å²) in [6.07, 6.45) is 0. The lowest BCUT2D eigenvalue weighted by Crippen LogP contribution is -2.29. The number of allylic oxidation sites excluding steroid dienone is 2. The van der Waals surface area contributed by atoms with Gasteiger partial charge in [-0.1, -0.05) is 54.1 Å². The van der Waals surface area contributed by atoms with Crippen molar-refractivity contribution in [3.05, 3.63) is 111 Å². The number of carbonyl (C=O) groups excluding carboxylic acids is 2. The van der Waals surface area contributed by atoms with Gasteiger partial charge in [0, 0.05) is 33.9 Å². The van der Waals surface area contributed by atoms with Crippen LogP contribution in [0, 0.1) is 5.82 Å². The maximum atomic E-state index is 14.1. The van der Waals surface area contributed by atoms with Crippen LogP contribution in [0.3, 0.4) is 0 Å². The van der Waals surface area contributed by atoms with Crippen molar-refractivity contribution in [3.63, 3.8) is 0 Å². The van der Waals surface area contributed by atoms with Crippen LogP contribution in [-0.4, -0.2) is 26.0 Å². The summed E-state index contributed by atoms with van der Waals surface area (Å²) in [4.78, 5) is 26.5. The van der Waals surface area contributed by atoms with E-state index in [9.17, 15) is 14.0 Å². The van der Waals surface area contributed by atoms with Gasteiger partial charge in [-0.05, 0) is 30.7 Å². The number of hydrogen-bond acceptors (Lipinski definition) is 6. The molecule has 1 aliphatic carbocycles. The topological polar surface area (TPSA) is 73.9 Å². The van der Waals surface area contributed by atoms with Crippen LogP contribution >= 0.6 is 11.6 Å². The Labute approximate surface area is 218 Å². The fourth-order valence-corrected chi connectivity index (χ4v) is 5.13.